The van der Waals surface area contributed by atoms with Gasteiger partial charge < -0.3 is 10.0 Å². The van der Waals surface area contributed by atoms with Crippen LogP contribution in [-0.2, 0) is 21.5 Å². The molecule has 9 nitrogen and oxygen atoms in total. The molecule has 2 aliphatic rings. The van der Waals surface area contributed by atoms with Crippen LogP contribution in [-0.4, -0.2) is 70.8 Å². The van der Waals surface area contributed by atoms with Crippen molar-refractivity contribution in [1.29, 1.82) is 0 Å². The first-order chi connectivity index (χ1) is 18.3. The molecule has 38 heavy (non-hydrogen) atoms. The van der Waals surface area contributed by atoms with E-state index < -0.39 is 40.3 Å². The Morgan fingerprint density at radius 2 is 1.39 bits per heavy atom. The minimum atomic E-state index is -3.98. The number of piperazine rings is 1. The number of carbonyl (C=O) groups is 2. The van der Waals surface area contributed by atoms with Gasteiger partial charge in [-0.15, -0.1) is 0 Å². The first kappa shape index (κ1) is 25.9. The van der Waals surface area contributed by atoms with Crippen LogP contribution in [0.3, 0.4) is 0 Å². The summed E-state index contributed by atoms with van der Waals surface area (Å²) < 4.78 is 30.0. The minimum absolute atomic E-state index is 0.0130. The molecule has 1 N–H and O–H groups in total. The number of hydrogen-bond acceptors (Lipinski definition) is 4. The van der Waals surface area contributed by atoms with Crippen molar-refractivity contribution in [2.75, 3.05) is 18.5 Å². The normalized spacial score (nSPS) is 21.4. The third-order valence-corrected chi connectivity index (χ3v) is 9.24. The van der Waals surface area contributed by atoms with E-state index in [2.05, 4.69) is 0 Å². The maximum atomic E-state index is 14.1. The molecular weight excluding hydrogens is 504 g/mol. The molecule has 2 aliphatic heterocycles. The number of carboxylic acid groups (broad SMARTS) is 1. The van der Waals surface area contributed by atoms with Crippen molar-refractivity contribution in [3.05, 3.63) is 96.6 Å². The van der Waals surface area contributed by atoms with Crippen molar-refractivity contribution in [1.82, 2.24) is 13.5 Å². The summed E-state index contributed by atoms with van der Waals surface area (Å²) in [6, 6.07) is 24.1. The summed E-state index contributed by atoms with van der Waals surface area (Å²) in [5, 5.41) is 10.3. The number of nitrogens with zero attached hydrogens (tertiary/aromatic N) is 4. The number of carbonyl (C=O) groups excluding carboxylic acids is 1. The Bertz CT molecular complexity index is 1350. The molecule has 5 rings (SSSR count). The van der Waals surface area contributed by atoms with Crippen molar-refractivity contribution >= 4 is 33.6 Å². The van der Waals surface area contributed by atoms with Gasteiger partial charge in [0.05, 0.1) is 17.4 Å². The number of likely N-dealkylation sites (tertiary alicyclic amines) is 1. The number of anilines is 2. The summed E-state index contributed by atoms with van der Waals surface area (Å²) >= 11 is 0. The van der Waals surface area contributed by atoms with E-state index in [1.165, 1.54) is 25.5 Å². The van der Waals surface area contributed by atoms with Gasteiger partial charge in [0, 0.05) is 26.2 Å². The highest BCUT2D eigenvalue weighted by Gasteiger charge is 2.56. The average molecular weight is 535 g/mol. The molecule has 10 heteroatoms. The summed E-state index contributed by atoms with van der Waals surface area (Å²) in [6.45, 7) is 0.149. The van der Waals surface area contributed by atoms with E-state index in [1.807, 2.05) is 66.7 Å². The smallest absolute Gasteiger partial charge is 0.329 e. The highest BCUT2D eigenvalue weighted by Crippen LogP contribution is 2.39. The zero-order valence-electron chi connectivity index (χ0n) is 21.0. The molecule has 2 fully saturated rings. The predicted molar refractivity (Wildman–Crippen MR) is 144 cm³/mol. The van der Waals surface area contributed by atoms with Crippen LogP contribution in [0.4, 0.5) is 16.2 Å². The lowest BCUT2D eigenvalue weighted by Gasteiger charge is -2.46. The third kappa shape index (κ3) is 4.78. The van der Waals surface area contributed by atoms with Gasteiger partial charge in [-0.25, -0.2) is 9.59 Å². The monoisotopic (exact) mass is 534 g/mol. The zero-order valence-corrected chi connectivity index (χ0v) is 21.8. The second-order valence-electron chi connectivity index (χ2n) is 9.60. The van der Waals surface area contributed by atoms with Crippen LogP contribution in [0.15, 0.2) is 91.0 Å². The van der Waals surface area contributed by atoms with Gasteiger partial charge in [-0.3, -0.25) is 4.90 Å². The highest BCUT2D eigenvalue weighted by atomic mass is 32.2. The molecular formula is C28H30N4O5S. The van der Waals surface area contributed by atoms with Gasteiger partial charge in [-0.05, 0) is 42.7 Å². The van der Waals surface area contributed by atoms with Crippen molar-refractivity contribution in [3.63, 3.8) is 0 Å². The molecule has 0 aromatic heterocycles. The van der Waals surface area contributed by atoms with Gasteiger partial charge in [-0.1, -0.05) is 66.7 Å². The average Bonchev–Trinajstić information content (AvgIpc) is 3.24. The van der Waals surface area contributed by atoms with E-state index in [4.69, 9.17) is 0 Å². The maximum absolute atomic E-state index is 14.1. The van der Waals surface area contributed by atoms with Crippen molar-refractivity contribution < 1.29 is 23.1 Å². The number of urea groups is 1. The summed E-state index contributed by atoms with van der Waals surface area (Å²) in [6.07, 6.45) is 0.841. The van der Waals surface area contributed by atoms with Gasteiger partial charge in [0.15, 0.2) is 0 Å². The Balaban J connectivity index is 1.47. The van der Waals surface area contributed by atoms with E-state index in [-0.39, 0.29) is 13.1 Å². The molecule has 2 amide bonds. The minimum Gasteiger partial charge on any atom is -0.480 e. The Morgan fingerprint density at radius 1 is 0.868 bits per heavy atom. The number of aliphatic carboxylic acids is 1. The molecule has 2 heterocycles. The second kappa shape index (κ2) is 10.6. The number of amides is 2. The largest absolute Gasteiger partial charge is 0.480 e. The van der Waals surface area contributed by atoms with Gasteiger partial charge in [0.2, 0.25) is 0 Å². The lowest BCUT2D eigenvalue weighted by Crippen LogP contribution is -2.67. The first-order valence-electron chi connectivity index (χ1n) is 12.5. The molecule has 0 saturated carbocycles. The number of para-hydroxylation sites is 2. The Labute approximate surface area is 222 Å². The standard InChI is InChI=1S/C28H30N4O5S/c1-29(19-21-11-5-2-6-12-21)38(36,37)32-24-17-18-25(32)26(27(33)34)30(20-24)28(35)31(22-13-7-3-8-14-22)23-15-9-4-10-16-23/h2-16,24-26H,17-20H2,1H3,(H,33,34)/t24-,25+,26-/m0/s1. The summed E-state index contributed by atoms with van der Waals surface area (Å²) in [5.74, 6) is -1.23. The van der Waals surface area contributed by atoms with Crippen LogP contribution >= 0.6 is 0 Å². The van der Waals surface area contributed by atoms with E-state index in [1.54, 1.807) is 24.3 Å². The molecule has 0 aliphatic carbocycles. The number of benzene rings is 3. The lowest BCUT2D eigenvalue weighted by molar-refractivity contribution is -0.145. The molecule has 198 valence electrons. The topological polar surface area (TPSA) is 101 Å². The number of fused-ring (bicyclic) bond motifs is 2. The molecule has 0 spiro atoms. The van der Waals surface area contributed by atoms with E-state index in [0.29, 0.717) is 24.2 Å². The zero-order chi connectivity index (χ0) is 26.9. The van der Waals surface area contributed by atoms with Crippen LogP contribution in [0.2, 0.25) is 0 Å². The molecule has 0 unspecified atom stereocenters. The molecule has 3 aromatic rings. The fourth-order valence-corrected chi connectivity index (χ4v) is 7.24. The van der Waals surface area contributed by atoms with Gasteiger partial charge in [0.1, 0.15) is 6.04 Å². The first-order valence-corrected chi connectivity index (χ1v) is 13.9. The van der Waals surface area contributed by atoms with Crippen molar-refractivity contribution in [2.24, 2.45) is 0 Å². The highest BCUT2D eigenvalue weighted by molar-refractivity contribution is 7.86. The second-order valence-corrected chi connectivity index (χ2v) is 11.5. The lowest BCUT2D eigenvalue weighted by atomic mass is 10.1. The fourth-order valence-electron chi connectivity index (χ4n) is 5.50. The van der Waals surface area contributed by atoms with Crippen LogP contribution in [0.1, 0.15) is 18.4 Å². The van der Waals surface area contributed by atoms with Gasteiger partial charge in [0.25, 0.3) is 10.2 Å². The van der Waals surface area contributed by atoms with E-state index in [0.717, 1.165) is 5.56 Å². The van der Waals surface area contributed by atoms with Gasteiger partial charge in [-0.2, -0.15) is 17.0 Å². The third-order valence-electron chi connectivity index (χ3n) is 7.22. The molecule has 3 aromatic carbocycles. The fraction of sp³-hybridized carbons (Fsp3) is 0.286. The predicted octanol–water partition coefficient (Wildman–Crippen LogP) is 3.92. The Hall–Kier alpha value is -3.73. The Morgan fingerprint density at radius 3 is 1.92 bits per heavy atom. The van der Waals surface area contributed by atoms with E-state index >= 15 is 0 Å². The van der Waals surface area contributed by atoms with Crippen molar-refractivity contribution in [3.8, 4) is 0 Å². The summed E-state index contributed by atoms with van der Waals surface area (Å²) in [5.41, 5.74) is 2.02. The maximum Gasteiger partial charge on any atom is 0.329 e. The van der Waals surface area contributed by atoms with Crippen LogP contribution in [0.25, 0.3) is 0 Å². The number of hydrogen-bond donors (Lipinski definition) is 1. The molecule has 3 atom stereocenters. The quantitative estimate of drug-likeness (QED) is 0.495. The summed E-state index contributed by atoms with van der Waals surface area (Å²) in [7, 11) is -2.48. The SMILES string of the molecule is CN(Cc1ccccc1)S(=O)(=O)N1[C@H]2CC[C@@H]1[C@@H](C(=O)O)N(C(=O)N(c1ccccc1)c1ccccc1)C2. The Kier molecular flexibility index (Phi) is 7.20. The molecule has 2 bridgehead atoms. The number of rotatable bonds is 7. The molecule has 0 radical (unpaired) electrons. The van der Waals surface area contributed by atoms with E-state index in [9.17, 15) is 23.1 Å². The van der Waals surface area contributed by atoms with Crippen LogP contribution in [0, 0.1) is 0 Å². The van der Waals surface area contributed by atoms with Crippen molar-refractivity contribution in [2.45, 2.75) is 37.5 Å². The summed E-state index contributed by atoms with van der Waals surface area (Å²) in [4.78, 5) is 29.5. The molecule has 2 saturated heterocycles. The number of carboxylic acids is 1. The van der Waals surface area contributed by atoms with Crippen LogP contribution in [0.5, 0.6) is 0 Å². The van der Waals surface area contributed by atoms with Crippen LogP contribution < -0.4 is 4.90 Å². The van der Waals surface area contributed by atoms with Gasteiger partial charge >= 0.3 is 12.0 Å².